The molecule has 0 saturated heterocycles. The first-order valence-electron chi connectivity index (χ1n) is 2.51. The summed E-state index contributed by atoms with van der Waals surface area (Å²) in [4.78, 5) is 0. The summed E-state index contributed by atoms with van der Waals surface area (Å²) in [6.45, 7) is 2.12. The van der Waals surface area contributed by atoms with Crippen LogP contribution in [0.2, 0.25) is 0 Å². The normalized spacial score (nSPS) is 12.0. The maximum absolute atomic E-state index is 8.69. The summed E-state index contributed by atoms with van der Waals surface area (Å²) in [5, 5.41) is 8.69. The average Bonchev–Trinajstić information content (AvgIpc) is 1.87. The zero-order chi connectivity index (χ0) is 6.62. The number of aliphatic hydroxyl groups is 1. The highest BCUT2D eigenvalue weighted by molar-refractivity contribution is 7.81. The van der Waals surface area contributed by atoms with Gasteiger partial charge in [-0.15, -0.1) is 0 Å². The molecule has 0 saturated carbocycles. The molecular weight excluding hydrogens is 140 g/mol. The molecule has 3 heteroatoms. The lowest BCUT2D eigenvalue weighted by molar-refractivity contribution is 0.185. The summed E-state index contributed by atoms with van der Waals surface area (Å²) in [6, 6.07) is 0. The van der Waals surface area contributed by atoms with E-state index in [1.165, 1.54) is 0 Å². The van der Waals surface area contributed by atoms with Gasteiger partial charge in [-0.25, -0.2) is 0 Å². The second-order valence-corrected chi connectivity index (χ2v) is 2.92. The highest BCUT2D eigenvalue weighted by Gasteiger charge is 2.18. The van der Waals surface area contributed by atoms with Gasteiger partial charge < -0.3 is 5.11 Å². The molecule has 0 radical (unpaired) electrons. The van der Waals surface area contributed by atoms with Gasteiger partial charge in [-0.2, -0.15) is 25.3 Å². The molecule has 0 aliphatic rings. The standard InChI is InChI=1S/C5H12OS2/c1-5(2-6,3-7)4-8/h6-8H,2-4H2,1H3. The molecule has 8 heavy (non-hydrogen) atoms. The van der Waals surface area contributed by atoms with Crippen molar-refractivity contribution < 1.29 is 5.11 Å². The lowest BCUT2D eigenvalue weighted by Gasteiger charge is -2.21. The van der Waals surface area contributed by atoms with Crippen LogP contribution in [-0.4, -0.2) is 23.2 Å². The van der Waals surface area contributed by atoms with Crippen molar-refractivity contribution in [2.75, 3.05) is 18.1 Å². The molecule has 0 aromatic rings. The molecule has 0 fully saturated rings. The van der Waals surface area contributed by atoms with E-state index in [2.05, 4.69) is 25.3 Å². The van der Waals surface area contributed by atoms with Gasteiger partial charge in [0.15, 0.2) is 0 Å². The summed E-state index contributed by atoms with van der Waals surface area (Å²) < 4.78 is 0. The molecule has 0 bridgehead atoms. The SMILES string of the molecule is CC(CO)(CS)CS. The van der Waals surface area contributed by atoms with Crippen molar-refractivity contribution in [1.29, 1.82) is 0 Å². The summed E-state index contributed by atoms with van der Waals surface area (Å²) in [5.74, 6) is 1.38. The Hall–Kier alpha value is 0.660. The minimum absolute atomic E-state index is 0.0910. The minimum Gasteiger partial charge on any atom is -0.396 e. The van der Waals surface area contributed by atoms with Crippen molar-refractivity contribution in [2.24, 2.45) is 5.41 Å². The maximum Gasteiger partial charge on any atom is 0.0500 e. The third-order valence-electron chi connectivity index (χ3n) is 1.15. The number of thiol groups is 2. The van der Waals surface area contributed by atoms with Crippen LogP contribution in [0, 0.1) is 5.41 Å². The predicted molar refractivity (Wildman–Crippen MR) is 42.9 cm³/mol. The minimum atomic E-state index is -0.0910. The van der Waals surface area contributed by atoms with Crippen molar-refractivity contribution in [2.45, 2.75) is 6.92 Å². The molecule has 0 rings (SSSR count). The van der Waals surface area contributed by atoms with Crippen molar-refractivity contribution >= 4 is 25.3 Å². The van der Waals surface area contributed by atoms with Gasteiger partial charge in [-0.05, 0) is 11.5 Å². The van der Waals surface area contributed by atoms with Gasteiger partial charge in [-0.1, -0.05) is 6.92 Å². The molecule has 0 aliphatic heterocycles. The van der Waals surface area contributed by atoms with E-state index in [1.54, 1.807) is 0 Å². The first kappa shape index (κ1) is 8.66. The van der Waals surface area contributed by atoms with Crippen LogP contribution < -0.4 is 0 Å². The van der Waals surface area contributed by atoms with Gasteiger partial charge in [-0.3, -0.25) is 0 Å². The Morgan fingerprint density at radius 2 is 1.75 bits per heavy atom. The Morgan fingerprint density at radius 3 is 1.75 bits per heavy atom. The molecule has 1 N–H and O–H groups in total. The maximum atomic E-state index is 8.69. The lowest BCUT2D eigenvalue weighted by Crippen LogP contribution is -2.25. The summed E-state index contributed by atoms with van der Waals surface area (Å²) >= 11 is 8.10. The predicted octanol–water partition coefficient (Wildman–Crippen LogP) is 0.845. The summed E-state index contributed by atoms with van der Waals surface area (Å²) in [5.41, 5.74) is -0.0910. The smallest absolute Gasteiger partial charge is 0.0500 e. The Bertz CT molecular complexity index is 53.2. The highest BCUT2D eigenvalue weighted by Crippen LogP contribution is 2.17. The topological polar surface area (TPSA) is 20.2 Å². The van der Waals surface area contributed by atoms with E-state index in [0.717, 1.165) is 0 Å². The molecule has 0 spiro atoms. The first-order valence-corrected chi connectivity index (χ1v) is 3.77. The van der Waals surface area contributed by atoms with Crippen LogP contribution in [-0.2, 0) is 0 Å². The summed E-state index contributed by atoms with van der Waals surface area (Å²) in [7, 11) is 0. The second-order valence-electron chi connectivity index (χ2n) is 2.29. The van der Waals surface area contributed by atoms with E-state index in [-0.39, 0.29) is 12.0 Å². The fraction of sp³-hybridized carbons (Fsp3) is 1.00. The Labute approximate surface area is 61.3 Å². The van der Waals surface area contributed by atoms with E-state index in [0.29, 0.717) is 11.5 Å². The van der Waals surface area contributed by atoms with Crippen LogP contribution in [0.15, 0.2) is 0 Å². The molecular formula is C5H12OS2. The van der Waals surface area contributed by atoms with Crippen molar-refractivity contribution in [1.82, 2.24) is 0 Å². The molecule has 0 unspecified atom stereocenters. The van der Waals surface area contributed by atoms with E-state index in [9.17, 15) is 0 Å². The molecule has 0 heterocycles. The molecule has 0 aromatic carbocycles. The van der Waals surface area contributed by atoms with Crippen LogP contribution in [0.4, 0.5) is 0 Å². The Morgan fingerprint density at radius 1 is 1.38 bits per heavy atom. The van der Waals surface area contributed by atoms with Crippen LogP contribution in [0.5, 0.6) is 0 Å². The first-order chi connectivity index (χ1) is 3.68. The van der Waals surface area contributed by atoms with Crippen molar-refractivity contribution in [3.8, 4) is 0 Å². The number of aliphatic hydroxyl groups excluding tert-OH is 1. The average molecular weight is 152 g/mol. The van der Waals surface area contributed by atoms with Crippen LogP contribution in [0.3, 0.4) is 0 Å². The fourth-order valence-electron chi connectivity index (χ4n) is 0.150. The number of rotatable bonds is 3. The fourth-order valence-corrected chi connectivity index (χ4v) is 0.750. The van der Waals surface area contributed by atoms with Crippen LogP contribution in [0.1, 0.15) is 6.92 Å². The van der Waals surface area contributed by atoms with Gasteiger partial charge in [0.1, 0.15) is 0 Å². The van der Waals surface area contributed by atoms with Crippen molar-refractivity contribution in [3.05, 3.63) is 0 Å². The second kappa shape index (κ2) is 3.64. The van der Waals surface area contributed by atoms with E-state index >= 15 is 0 Å². The third-order valence-corrected chi connectivity index (χ3v) is 2.67. The van der Waals surface area contributed by atoms with Crippen LogP contribution >= 0.6 is 25.3 Å². The largest absolute Gasteiger partial charge is 0.396 e. The molecule has 0 amide bonds. The van der Waals surface area contributed by atoms with E-state index in [4.69, 9.17) is 5.11 Å². The molecule has 50 valence electrons. The molecule has 0 aromatic heterocycles. The Balaban J connectivity index is 3.58. The number of hydrogen-bond donors (Lipinski definition) is 3. The quantitative estimate of drug-likeness (QED) is 0.512. The number of hydrogen-bond acceptors (Lipinski definition) is 3. The third kappa shape index (κ3) is 2.29. The van der Waals surface area contributed by atoms with E-state index in [1.807, 2.05) is 6.92 Å². The zero-order valence-corrected chi connectivity index (χ0v) is 6.75. The van der Waals surface area contributed by atoms with Gasteiger partial charge in [0.2, 0.25) is 0 Å². The monoisotopic (exact) mass is 152 g/mol. The summed E-state index contributed by atoms with van der Waals surface area (Å²) in [6.07, 6.45) is 0. The Kier molecular flexibility index (Phi) is 3.94. The molecule has 0 atom stereocenters. The van der Waals surface area contributed by atoms with Crippen LogP contribution in [0.25, 0.3) is 0 Å². The van der Waals surface area contributed by atoms with Gasteiger partial charge in [0, 0.05) is 12.0 Å². The van der Waals surface area contributed by atoms with Gasteiger partial charge >= 0.3 is 0 Å². The lowest BCUT2D eigenvalue weighted by atomic mass is 9.98. The molecule has 0 aliphatic carbocycles. The highest BCUT2D eigenvalue weighted by atomic mass is 32.1. The van der Waals surface area contributed by atoms with Gasteiger partial charge in [0.05, 0.1) is 0 Å². The van der Waals surface area contributed by atoms with Gasteiger partial charge in [0.25, 0.3) is 0 Å². The van der Waals surface area contributed by atoms with Crippen molar-refractivity contribution in [3.63, 3.8) is 0 Å². The molecule has 1 nitrogen and oxygen atoms in total. The van der Waals surface area contributed by atoms with E-state index < -0.39 is 0 Å². The zero-order valence-electron chi connectivity index (χ0n) is 4.96.